The molecule has 0 aromatic heterocycles. The summed E-state index contributed by atoms with van der Waals surface area (Å²) in [4.78, 5) is 15.2. The molecule has 0 heterocycles. The zero-order chi connectivity index (χ0) is 24.0. The van der Waals surface area contributed by atoms with Crippen LogP contribution in [0.5, 0.6) is 0 Å². The predicted molar refractivity (Wildman–Crippen MR) is 119 cm³/mol. The van der Waals surface area contributed by atoms with Crippen LogP contribution < -0.4 is 5.32 Å². The normalized spacial score (nSPS) is 16.2. The first-order valence-electron chi connectivity index (χ1n) is 9.92. The van der Waals surface area contributed by atoms with Gasteiger partial charge in [0.05, 0.1) is 17.9 Å². The monoisotopic (exact) mass is 466 g/mol. The lowest BCUT2D eigenvalue weighted by atomic mass is 9.96. The van der Waals surface area contributed by atoms with Gasteiger partial charge in [-0.2, -0.15) is 8.42 Å². The minimum absolute atomic E-state index is 0.0853. The molecule has 10 nitrogen and oxygen atoms in total. The van der Waals surface area contributed by atoms with E-state index in [1.54, 1.807) is 20.8 Å². The van der Waals surface area contributed by atoms with Crippen molar-refractivity contribution in [3.8, 4) is 0 Å². The van der Waals surface area contributed by atoms with E-state index in [0.29, 0.717) is 0 Å². The van der Waals surface area contributed by atoms with Crippen LogP contribution in [0.2, 0.25) is 18.1 Å². The summed E-state index contributed by atoms with van der Waals surface area (Å²) in [6, 6.07) is -0.778. The van der Waals surface area contributed by atoms with Crippen LogP contribution in [-0.2, 0) is 19.3 Å². The van der Waals surface area contributed by atoms with Gasteiger partial charge in [0.25, 0.3) is 10.1 Å². The van der Waals surface area contributed by atoms with Crippen LogP contribution in [0.15, 0.2) is 5.11 Å². The molecule has 0 fully saturated rings. The van der Waals surface area contributed by atoms with E-state index in [-0.39, 0.29) is 23.9 Å². The van der Waals surface area contributed by atoms with E-state index in [1.165, 1.54) is 0 Å². The second-order valence-corrected chi connectivity index (χ2v) is 16.4. The second kappa shape index (κ2) is 10.8. The minimum Gasteiger partial charge on any atom is -0.444 e. The Bertz CT molecular complexity index is 724. The number of nitrogens with one attached hydrogen (secondary N) is 1. The summed E-state index contributed by atoms with van der Waals surface area (Å²) in [5.41, 5.74) is 7.96. The molecule has 0 aromatic carbocycles. The number of alkyl carbamates (subject to hydrolysis) is 1. The second-order valence-electron chi connectivity index (χ2n) is 10.1. The van der Waals surface area contributed by atoms with Gasteiger partial charge in [0.1, 0.15) is 5.60 Å². The van der Waals surface area contributed by atoms with Gasteiger partial charge in [-0.05, 0) is 56.8 Å². The Morgan fingerprint density at radius 2 is 1.77 bits per heavy atom. The third-order valence-electron chi connectivity index (χ3n) is 5.02. The molecule has 0 aliphatic carbocycles. The maximum absolute atomic E-state index is 12.4. The van der Waals surface area contributed by atoms with E-state index in [4.69, 9.17) is 14.7 Å². The maximum atomic E-state index is 12.4. The fraction of sp³-hybridized carbons (Fsp3) is 0.944. The van der Waals surface area contributed by atoms with Crippen LogP contribution in [0.1, 0.15) is 54.9 Å². The number of rotatable bonds is 10. The Morgan fingerprint density at radius 1 is 1.23 bits per heavy atom. The number of hydrogen-bond acceptors (Lipinski definition) is 6. The summed E-state index contributed by atoms with van der Waals surface area (Å²) in [6.45, 7) is 17.3. The van der Waals surface area contributed by atoms with Gasteiger partial charge in [-0.3, -0.25) is 4.55 Å². The molecular formula is C18H38N4O6SSi. The van der Waals surface area contributed by atoms with Gasteiger partial charge in [0.15, 0.2) is 8.32 Å². The van der Waals surface area contributed by atoms with Gasteiger partial charge in [0.2, 0.25) is 0 Å². The predicted octanol–water partition coefficient (Wildman–Crippen LogP) is 4.49. The molecule has 0 aliphatic rings. The largest absolute Gasteiger partial charge is 0.444 e. The standard InChI is InChI=1S/C18H38N4O6SSi/c1-13(12-20-22-19)15(28-30(8,9)18(5,6)7)14(10-11-29(24,25)26)21-16(23)27-17(2,3)4/h13-15H,10-12H2,1-9H3,(H,21,23)(H,24,25,26)/t13-,14+,15+/m0/s1. The summed E-state index contributed by atoms with van der Waals surface area (Å²) in [5.74, 6) is -0.879. The Kier molecular flexibility index (Phi) is 10.3. The average molecular weight is 467 g/mol. The van der Waals surface area contributed by atoms with Crippen LogP contribution in [0.25, 0.3) is 10.4 Å². The maximum Gasteiger partial charge on any atom is 0.407 e. The first-order chi connectivity index (χ1) is 13.3. The van der Waals surface area contributed by atoms with Gasteiger partial charge < -0.3 is 14.5 Å². The molecule has 0 saturated carbocycles. The molecule has 2 N–H and O–H groups in total. The van der Waals surface area contributed by atoms with Gasteiger partial charge in [-0.25, -0.2) is 4.79 Å². The molecule has 12 heteroatoms. The molecule has 0 rings (SSSR count). The van der Waals surface area contributed by atoms with E-state index >= 15 is 0 Å². The zero-order valence-corrected chi connectivity index (χ0v) is 21.4. The minimum atomic E-state index is -4.26. The molecule has 176 valence electrons. The Balaban J connectivity index is 6.00. The molecule has 30 heavy (non-hydrogen) atoms. The molecular weight excluding hydrogens is 428 g/mol. The highest BCUT2D eigenvalue weighted by molar-refractivity contribution is 7.85. The van der Waals surface area contributed by atoms with Crippen molar-refractivity contribution in [1.29, 1.82) is 0 Å². The van der Waals surface area contributed by atoms with E-state index in [9.17, 15) is 17.8 Å². The summed E-state index contributed by atoms with van der Waals surface area (Å²) < 4.78 is 43.8. The summed E-state index contributed by atoms with van der Waals surface area (Å²) in [5, 5.41) is 6.17. The number of carbonyl (C=O) groups excluding carboxylic acids is 1. The fourth-order valence-corrected chi connectivity index (χ4v) is 4.42. The summed E-state index contributed by atoms with van der Waals surface area (Å²) in [6.07, 6.45) is -1.45. The molecule has 0 unspecified atom stereocenters. The van der Waals surface area contributed by atoms with Gasteiger partial charge in [-0.15, -0.1) is 0 Å². The number of carbonyl (C=O) groups is 1. The van der Waals surface area contributed by atoms with Crippen molar-refractivity contribution in [1.82, 2.24) is 5.32 Å². The SMILES string of the molecule is C[C@@H](CN=[N+]=[N-])[C@@H](O[Si](C)(C)C(C)(C)C)[C@@H](CCS(=O)(=O)O)NC(=O)OC(C)(C)C. The first-order valence-corrected chi connectivity index (χ1v) is 14.4. The van der Waals surface area contributed by atoms with Crippen molar-refractivity contribution >= 4 is 24.5 Å². The van der Waals surface area contributed by atoms with Crippen molar-refractivity contribution in [2.24, 2.45) is 11.0 Å². The quantitative estimate of drug-likeness (QED) is 0.159. The number of azide groups is 1. The summed E-state index contributed by atoms with van der Waals surface area (Å²) >= 11 is 0. The molecule has 0 aliphatic heterocycles. The lowest BCUT2D eigenvalue weighted by Gasteiger charge is -2.43. The van der Waals surface area contributed by atoms with Crippen molar-refractivity contribution in [2.45, 2.75) is 90.8 Å². The lowest BCUT2D eigenvalue weighted by molar-refractivity contribution is 0.0370. The number of hydrogen-bond donors (Lipinski definition) is 2. The van der Waals surface area contributed by atoms with Crippen molar-refractivity contribution in [3.05, 3.63) is 10.4 Å². The smallest absolute Gasteiger partial charge is 0.407 e. The lowest BCUT2D eigenvalue weighted by Crippen LogP contribution is -2.55. The average Bonchev–Trinajstić information content (AvgIpc) is 2.50. The summed E-state index contributed by atoms with van der Waals surface area (Å²) in [7, 11) is -6.60. The van der Waals surface area contributed by atoms with Crippen LogP contribution in [0.3, 0.4) is 0 Å². The van der Waals surface area contributed by atoms with E-state index in [1.807, 2.05) is 20.0 Å². The topological polar surface area (TPSA) is 151 Å². The molecule has 0 bridgehead atoms. The van der Waals surface area contributed by atoms with Gasteiger partial charge >= 0.3 is 6.09 Å². The number of amides is 1. The molecule has 1 amide bonds. The first kappa shape index (κ1) is 28.7. The highest BCUT2D eigenvalue weighted by Gasteiger charge is 2.42. The van der Waals surface area contributed by atoms with Crippen molar-refractivity contribution in [3.63, 3.8) is 0 Å². The third-order valence-corrected chi connectivity index (χ3v) is 10.2. The van der Waals surface area contributed by atoms with E-state index in [2.05, 4.69) is 36.1 Å². The van der Waals surface area contributed by atoms with Crippen molar-refractivity contribution < 1.29 is 26.9 Å². The van der Waals surface area contributed by atoms with Gasteiger partial charge in [0, 0.05) is 11.5 Å². The fourth-order valence-electron chi connectivity index (χ4n) is 2.43. The zero-order valence-electron chi connectivity index (χ0n) is 19.6. The number of ether oxygens (including phenoxy) is 1. The molecule has 0 radical (unpaired) electrons. The molecule has 0 saturated heterocycles. The van der Waals surface area contributed by atoms with Crippen LogP contribution in [-0.4, -0.2) is 57.4 Å². The molecule has 0 aromatic rings. The Labute approximate surface area is 181 Å². The van der Waals surface area contributed by atoms with E-state index in [0.717, 1.165) is 0 Å². The highest BCUT2D eigenvalue weighted by atomic mass is 32.2. The highest BCUT2D eigenvalue weighted by Crippen LogP contribution is 2.38. The van der Waals surface area contributed by atoms with Crippen LogP contribution in [0.4, 0.5) is 4.79 Å². The Hall–Kier alpha value is -1.33. The van der Waals surface area contributed by atoms with Crippen molar-refractivity contribution in [2.75, 3.05) is 12.3 Å². The van der Waals surface area contributed by atoms with Crippen LogP contribution in [0, 0.1) is 5.92 Å². The van der Waals surface area contributed by atoms with Crippen LogP contribution >= 0.6 is 0 Å². The number of nitrogens with zero attached hydrogens (tertiary/aromatic N) is 3. The molecule has 0 spiro atoms. The molecule has 3 atom stereocenters. The van der Waals surface area contributed by atoms with E-state index < -0.39 is 48.0 Å². The van der Waals surface area contributed by atoms with Gasteiger partial charge in [-0.1, -0.05) is 32.8 Å². The third kappa shape index (κ3) is 11.2. The Morgan fingerprint density at radius 3 is 2.17 bits per heavy atom.